The van der Waals surface area contributed by atoms with Crippen molar-refractivity contribution in [3.63, 3.8) is 0 Å². The molecule has 3 heterocycles. The van der Waals surface area contributed by atoms with Crippen LogP contribution in [0.25, 0.3) is 0 Å². The van der Waals surface area contributed by atoms with Crippen molar-refractivity contribution in [3.05, 3.63) is 17.5 Å². The number of nitrogens with zero attached hydrogens (tertiary/aromatic N) is 3. The SMILES string of the molecule is CC1(C)CCCN(C(=O)Nc2ncc3c(n2)C(C)(C)OC3)CC1. The molecule has 0 atom stereocenters. The number of ether oxygens (including phenoxy) is 1. The van der Waals surface area contributed by atoms with Gasteiger partial charge >= 0.3 is 6.03 Å². The second-order valence-electron chi connectivity index (χ2n) is 7.80. The maximum atomic E-state index is 12.5. The molecule has 1 N–H and O–H groups in total. The predicted molar refractivity (Wildman–Crippen MR) is 88.1 cm³/mol. The third-order valence-corrected chi connectivity index (χ3v) is 4.87. The molecule has 1 aromatic rings. The first-order chi connectivity index (χ1) is 10.8. The fourth-order valence-electron chi connectivity index (χ4n) is 3.22. The van der Waals surface area contributed by atoms with Crippen LogP contribution in [0.15, 0.2) is 6.20 Å². The highest BCUT2D eigenvalue weighted by molar-refractivity contribution is 5.87. The van der Waals surface area contributed by atoms with Crippen LogP contribution in [-0.2, 0) is 16.9 Å². The summed E-state index contributed by atoms with van der Waals surface area (Å²) >= 11 is 0. The van der Waals surface area contributed by atoms with Gasteiger partial charge in [0.25, 0.3) is 0 Å². The quantitative estimate of drug-likeness (QED) is 0.863. The van der Waals surface area contributed by atoms with Gasteiger partial charge in [0.05, 0.1) is 12.3 Å². The number of anilines is 1. The van der Waals surface area contributed by atoms with Gasteiger partial charge in [0.2, 0.25) is 5.95 Å². The van der Waals surface area contributed by atoms with Crippen LogP contribution in [0.1, 0.15) is 58.2 Å². The van der Waals surface area contributed by atoms with E-state index in [2.05, 4.69) is 29.1 Å². The summed E-state index contributed by atoms with van der Waals surface area (Å²) in [4.78, 5) is 23.1. The number of carbonyl (C=O) groups excluding carboxylic acids is 1. The van der Waals surface area contributed by atoms with Gasteiger partial charge in [0.15, 0.2) is 0 Å². The van der Waals surface area contributed by atoms with E-state index in [1.807, 2.05) is 18.7 Å². The molecule has 1 saturated heterocycles. The molecule has 1 fully saturated rings. The van der Waals surface area contributed by atoms with Gasteiger partial charge in [-0.3, -0.25) is 5.32 Å². The number of likely N-dealkylation sites (tertiary alicyclic amines) is 1. The molecular weight excluding hydrogens is 292 g/mol. The standard InChI is InChI=1S/C17H26N4O2/c1-16(2)6-5-8-21(9-7-16)15(22)20-14-18-10-12-11-23-17(3,4)13(12)19-14/h10H,5-9,11H2,1-4H3,(H,18,19,20,22). The minimum Gasteiger partial charge on any atom is -0.364 e. The zero-order chi connectivity index (χ0) is 16.7. The first-order valence-electron chi connectivity index (χ1n) is 8.33. The summed E-state index contributed by atoms with van der Waals surface area (Å²) in [6.45, 7) is 10.6. The first-order valence-corrected chi connectivity index (χ1v) is 8.33. The molecule has 2 amide bonds. The van der Waals surface area contributed by atoms with E-state index in [1.165, 1.54) is 0 Å². The predicted octanol–water partition coefficient (Wildman–Crippen LogP) is 3.29. The molecule has 0 aliphatic carbocycles. The van der Waals surface area contributed by atoms with E-state index in [9.17, 15) is 4.79 Å². The fourth-order valence-corrected chi connectivity index (χ4v) is 3.22. The first kappa shape index (κ1) is 16.2. The minimum atomic E-state index is -0.426. The summed E-state index contributed by atoms with van der Waals surface area (Å²) in [5, 5.41) is 2.84. The van der Waals surface area contributed by atoms with Crippen molar-refractivity contribution in [3.8, 4) is 0 Å². The summed E-state index contributed by atoms with van der Waals surface area (Å²) in [5.74, 6) is 0.357. The van der Waals surface area contributed by atoms with Crippen LogP contribution in [0, 0.1) is 5.41 Å². The normalized spacial score (nSPS) is 22.3. The minimum absolute atomic E-state index is 0.112. The van der Waals surface area contributed by atoms with E-state index >= 15 is 0 Å². The lowest BCUT2D eigenvalue weighted by Gasteiger charge is -2.23. The number of urea groups is 1. The van der Waals surface area contributed by atoms with Gasteiger partial charge in [-0.2, -0.15) is 0 Å². The third-order valence-electron chi connectivity index (χ3n) is 4.87. The van der Waals surface area contributed by atoms with Crippen LogP contribution < -0.4 is 5.32 Å². The molecule has 2 aliphatic rings. The molecule has 6 heteroatoms. The number of rotatable bonds is 1. The Morgan fingerprint density at radius 1 is 1.26 bits per heavy atom. The topological polar surface area (TPSA) is 67.4 Å². The Kier molecular flexibility index (Phi) is 4.04. The van der Waals surface area contributed by atoms with E-state index in [1.54, 1.807) is 6.20 Å². The van der Waals surface area contributed by atoms with E-state index in [4.69, 9.17) is 4.74 Å². The Balaban J connectivity index is 1.69. The maximum Gasteiger partial charge on any atom is 0.324 e. The molecule has 0 bridgehead atoms. The molecule has 0 aromatic carbocycles. The summed E-state index contributed by atoms with van der Waals surface area (Å²) in [5.41, 5.74) is 1.73. The van der Waals surface area contributed by atoms with Gasteiger partial charge in [0.1, 0.15) is 5.60 Å². The van der Waals surface area contributed by atoms with Crippen molar-refractivity contribution in [2.45, 2.75) is 59.2 Å². The van der Waals surface area contributed by atoms with Gasteiger partial charge in [-0.25, -0.2) is 14.8 Å². The Bertz CT molecular complexity index is 613. The smallest absolute Gasteiger partial charge is 0.324 e. The van der Waals surface area contributed by atoms with E-state index in [0.717, 1.165) is 43.6 Å². The molecule has 1 aromatic heterocycles. The molecule has 0 radical (unpaired) electrons. The van der Waals surface area contributed by atoms with Crippen LogP contribution in [0.4, 0.5) is 10.7 Å². The number of nitrogens with one attached hydrogen (secondary N) is 1. The van der Waals surface area contributed by atoms with Gasteiger partial charge in [-0.15, -0.1) is 0 Å². The summed E-state index contributed by atoms with van der Waals surface area (Å²) in [6, 6.07) is -0.112. The molecular formula is C17H26N4O2. The lowest BCUT2D eigenvalue weighted by atomic mass is 9.85. The highest BCUT2D eigenvalue weighted by Gasteiger charge is 2.33. The number of hydrogen-bond acceptors (Lipinski definition) is 4. The summed E-state index contributed by atoms with van der Waals surface area (Å²) in [6.07, 6.45) is 4.95. The van der Waals surface area contributed by atoms with Gasteiger partial charge in [-0.05, 0) is 38.5 Å². The second kappa shape index (κ2) is 5.74. The van der Waals surface area contributed by atoms with E-state index in [0.29, 0.717) is 18.0 Å². The van der Waals surface area contributed by atoms with Gasteiger partial charge in [0, 0.05) is 24.8 Å². The Morgan fingerprint density at radius 3 is 2.83 bits per heavy atom. The van der Waals surface area contributed by atoms with E-state index in [-0.39, 0.29) is 6.03 Å². The molecule has 3 rings (SSSR count). The zero-order valence-electron chi connectivity index (χ0n) is 14.5. The van der Waals surface area contributed by atoms with Crippen LogP contribution >= 0.6 is 0 Å². The maximum absolute atomic E-state index is 12.5. The summed E-state index contributed by atoms with van der Waals surface area (Å²) < 4.78 is 5.70. The van der Waals surface area contributed by atoms with Crippen LogP contribution in [-0.4, -0.2) is 34.0 Å². The number of aromatic nitrogens is 2. The molecule has 0 unspecified atom stereocenters. The Labute approximate surface area is 137 Å². The molecule has 0 saturated carbocycles. The summed E-state index contributed by atoms with van der Waals surface area (Å²) in [7, 11) is 0. The van der Waals surface area contributed by atoms with Crippen LogP contribution in [0.5, 0.6) is 0 Å². The van der Waals surface area contributed by atoms with Gasteiger partial charge < -0.3 is 9.64 Å². The molecule has 6 nitrogen and oxygen atoms in total. The Morgan fingerprint density at radius 2 is 2.04 bits per heavy atom. The highest BCUT2D eigenvalue weighted by atomic mass is 16.5. The second-order valence-corrected chi connectivity index (χ2v) is 7.80. The molecule has 0 spiro atoms. The average Bonchev–Trinajstić information content (AvgIpc) is 2.66. The van der Waals surface area contributed by atoms with Crippen molar-refractivity contribution in [1.29, 1.82) is 0 Å². The Hall–Kier alpha value is -1.69. The lowest BCUT2D eigenvalue weighted by molar-refractivity contribution is -0.0100. The average molecular weight is 318 g/mol. The van der Waals surface area contributed by atoms with Crippen LogP contribution in [0.2, 0.25) is 0 Å². The van der Waals surface area contributed by atoms with Crippen molar-refractivity contribution >= 4 is 12.0 Å². The zero-order valence-corrected chi connectivity index (χ0v) is 14.5. The lowest BCUT2D eigenvalue weighted by Crippen LogP contribution is -2.36. The number of amides is 2. The monoisotopic (exact) mass is 318 g/mol. The molecule has 23 heavy (non-hydrogen) atoms. The number of hydrogen-bond donors (Lipinski definition) is 1. The number of carbonyl (C=O) groups is 1. The molecule has 126 valence electrons. The third kappa shape index (κ3) is 3.47. The van der Waals surface area contributed by atoms with E-state index < -0.39 is 5.60 Å². The number of fused-ring (bicyclic) bond motifs is 1. The van der Waals surface area contributed by atoms with Crippen molar-refractivity contribution in [2.75, 3.05) is 18.4 Å². The highest BCUT2D eigenvalue weighted by Crippen LogP contribution is 2.34. The van der Waals surface area contributed by atoms with Gasteiger partial charge in [-0.1, -0.05) is 13.8 Å². The van der Waals surface area contributed by atoms with Crippen LogP contribution in [0.3, 0.4) is 0 Å². The van der Waals surface area contributed by atoms with Crippen molar-refractivity contribution in [1.82, 2.24) is 14.9 Å². The van der Waals surface area contributed by atoms with Crippen molar-refractivity contribution < 1.29 is 9.53 Å². The molecule has 2 aliphatic heterocycles. The fraction of sp³-hybridized carbons (Fsp3) is 0.706. The van der Waals surface area contributed by atoms with Crippen molar-refractivity contribution in [2.24, 2.45) is 5.41 Å². The largest absolute Gasteiger partial charge is 0.364 e.